The Morgan fingerprint density at radius 1 is 1.03 bits per heavy atom. The zero-order chi connectivity index (χ0) is 21.7. The average Bonchev–Trinajstić information content (AvgIpc) is 2.98. The Balaban J connectivity index is 1.67. The second-order valence-corrected chi connectivity index (χ2v) is 8.74. The van der Waals surface area contributed by atoms with Crippen LogP contribution in [0, 0.1) is 0 Å². The Morgan fingerprint density at radius 2 is 1.70 bits per heavy atom. The predicted molar refractivity (Wildman–Crippen MR) is 109 cm³/mol. The van der Waals surface area contributed by atoms with Crippen LogP contribution >= 0.6 is 0 Å². The van der Waals surface area contributed by atoms with E-state index >= 15 is 0 Å². The van der Waals surface area contributed by atoms with Gasteiger partial charge >= 0.3 is 5.97 Å². The van der Waals surface area contributed by atoms with E-state index in [1.54, 1.807) is 25.1 Å². The molecule has 2 aromatic carbocycles. The van der Waals surface area contributed by atoms with Gasteiger partial charge in [0, 0.05) is 31.5 Å². The highest BCUT2D eigenvalue weighted by atomic mass is 32.2. The number of ether oxygens (including phenoxy) is 3. The number of carbonyl (C=O) groups is 2. The van der Waals surface area contributed by atoms with Crippen LogP contribution in [0.15, 0.2) is 47.4 Å². The number of carbonyl (C=O) groups excluding carboxylic acids is 2. The third-order valence-electron chi connectivity index (χ3n) is 4.51. The quantitative estimate of drug-likeness (QED) is 0.376. The molecule has 0 amide bonds. The third-order valence-corrected chi connectivity index (χ3v) is 6.31. The molecule has 1 aliphatic rings. The van der Waals surface area contributed by atoms with Crippen LogP contribution in [0.3, 0.4) is 0 Å². The Kier molecular flexibility index (Phi) is 6.73. The molecule has 2 aromatic rings. The highest BCUT2D eigenvalue weighted by Crippen LogP contribution is 2.32. The minimum Gasteiger partial charge on any atom is -0.490 e. The fraction of sp³-hybridized carbons (Fsp3) is 0.333. The summed E-state index contributed by atoms with van der Waals surface area (Å²) in [6.07, 6.45) is 1.08. The van der Waals surface area contributed by atoms with Crippen molar-refractivity contribution < 1.29 is 32.2 Å². The zero-order valence-electron chi connectivity index (χ0n) is 16.8. The van der Waals surface area contributed by atoms with Gasteiger partial charge in [-0.05, 0) is 36.4 Å². The molecule has 0 aliphatic carbocycles. The van der Waals surface area contributed by atoms with Crippen molar-refractivity contribution in [3.05, 3.63) is 48.0 Å². The van der Waals surface area contributed by atoms with E-state index in [4.69, 9.17) is 14.2 Å². The fourth-order valence-electron chi connectivity index (χ4n) is 2.83. The van der Waals surface area contributed by atoms with Crippen molar-refractivity contribution in [3.63, 3.8) is 0 Å². The van der Waals surface area contributed by atoms with E-state index in [2.05, 4.69) is 0 Å². The minimum atomic E-state index is -3.94. The predicted octanol–water partition coefficient (Wildman–Crippen LogP) is 2.67. The molecule has 30 heavy (non-hydrogen) atoms. The van der Waals surface area contributed by atoms with Crippen LogP contribution < -0.4 is 14.2 Å². The van der Waals surface area contributed by atoms with Crippen LogP contribution in [0.25, 0.3) is 0 Å². The molecule has 9 heteroatoms. The number of Topliss-reactive ketones (excluding diaryl/α,β-unsaturated/α-hetero) is 1. The SMILES string of the molecule is CCC(=O)c1ccc(OC(=O)CN(C)S(=O)(=O)c2ccc3c(c2)OCCCO3)cc1. The van der Waals surface area contributed by atoms with Gasteiger partial charge in [0.2, 0.25) is 10.0 Å². The second kappa shape index (κ2) is 9.27. The summed E-state index contributed by atoms with van der Waals surface area (Å²) in [5, 5.41) is 0. The number of benzene rings is 2. The molecular weight excluding hydrogens is 410 g/mol. The van der Waals surface area contributed by atoms with Gasteiger partial charge in [-0.15, -0.1) is 0 Å². The molecule has 0 N–H and O–H groups in total. The smallest absolute Gasteiger partial charge is 0.326 e. The van der Waals surface area contributed by atoms with Gasteiger partial charge in [-0.3, -0.25) is 9.59 Å². The third kappa shape index (κ3) is 4.98. The van der Waals surface area contributed by atoms with E-state index in [1.165, 1.54) is 31.3 Å². The van der Waals surface area contributed by atoms with Gasteiger partial charge in [0.05, 0.1) is 18.1 Å². The summed E-state index contributed by atoms with van der Waals surface area (Å²) in [5.41, 5.74) is 0.520. The molecule has 0 atom stereocenters. The molecule has 3 rings (SSSR count). The molecular formula is C21H23NO7S. The zero-order valence-corrected chi connectivity index (χ0v) is 17.6. The molecule has 0 aromatic heterocycles. The van der Waals surface area contributed by atoms with Gasteiger partial charge in [-0.1, -0.05) is 6.92 Å². The van der Waals surface area contributed by atoms with Crippen molar-refractivity contribution >= 4 is 21.8 Å². The number of hydrogen-bond acceptors (Lipinski definition) is 7. The van der Waals surface area contributed by atoms with Crippen LogP contribution in [-0.2, 0) is 14.8 Å². The normalized spacial score (nSPS) is 13.6. The number of fused-ring (bicyclic) bond motifs is 1. The number of nitrogens with zero attached hydrogens (tertiary/aromatic N) is 1. The van der Waals surface area contributed by atoms with Crippen LogP contribution in [-0.4, -0.2) is 51.3 Å². The molecule has 0 radical (unpaired) electrons. The lowest BCUT2D eigenvalue weighted by Crippen LogP contribution is -2.34. The standard InChI is InChI=1S/C21H23NO7S/c1-3-18(23)15-5-7-16(8-6-15)29-21(24)14-22(2)30(25,26)17-9-10-19-20(13-17)28-12-4-11-27-19/h5-10,13H,3-4,11-12,14H2,1-2H3. The van der Waals surface area contributed by atoms with Gasteiger partial charge < -0.3 is 14.2 Å². The van der Waals surface area contributed by atoms with Crippen molar-refractivity contribution in [1.29, 1.82) is 0 Å². The van der Waals surface area contributed by atoms with E-state index < -0.39 is 22.5 Å². The molecule has 0 fully saturated rings. The van der Waals surface area contributed by atoms with Crippen LogP contribution in [0.5, 0.6) is 17.2 Å². The minimum absolute atomic E-state index is 0.00974. The first-order valence-electron chi connectivity index (χ1n) is 9.51. The molecule has 8 nitrogen and oxygen atoms in total. The van der Waals surface area contributed by atoms with E-state index in [-0.39, 0.29) is 16.4 Å². The first-order valence-corrected chi connectivity index (χ1v) is 10.9. The van der Waals surface area contributed by atoms with Gasteiger partial charge in [-0.2, -0.15) is 4.31 Å². The maximum atomic E-state index is 12.8. The van der Waals surface area contributed by atoms with Gasteiger partial charge in [-0.25, -0.2) is 8.42 Å². The van der Waals surface area contributed by atoms with Crippen molar-refractivity contribution in [2.75, 3.05) is 26.8 Å². The van der Waals surface area contributed by atoms with Crippen molar-refractivity contribution in [1.82, 2.24) is 4.31 Å². The lowest BCUT2D eigenvalue weighted by molar-refractivity contribution is -0.134. The number of esters is 1. The van der Waals surface area contributed by atoms with Crippen molar-refractivity contribution in [3.8, 4) is 17.2 Å². The van der Waals surface area contributed by atoms with Crippen LogP contribution in [0.1, 0.15) is 30.1 Å². The fourth-order valence-corrected chi connectivity index (χ4v) is 3.96. The summed E-state index contributed by atoms with van der Waals surface area (Å²) in [6.45, 7) is 2.21. The van der Waals surface area contributed by atoms with Crippen molar-refractivity contribution in [2.24, 2.45) is 0 Å². The first kappa shape index (κ1) is 21.8. The van der Waals surface area contributed by atoms with Crippen molar-refractivity contribution in [2.45, 2.75) is 24.7 Å². The molecule has 1 heterocycles. The van der Waals surface area contributed by atoms with E-state index in [0.717, 1.165) is 4.31 Å². The molecule has 0 unspecified atom stereocenters. The van der Waals surface area contributed by atoms with E-state index in [0.29, 0.717) is 43.1 Å². The summed E-state index contributed by atoms with van der Waals surface area (Å²) in [5.74, 6) is 0.303. The number of likely N-dealkylation sites (N-methyl/N-ethyl adjacent to an activating group) is 1. The van der Waals surface area contributed by atoms with E-state index in [1.807, 2.05) is 0 Å². The number of rotatable bonds is 7. The Labute approximate surface area is 175 Å². The highest BCUT2D eigenvalue weighted by Gasteiger charge is 2.26. The molecule has 0 saturated heterocycles. The first-order chi connectivity index (χ1) is 14.3. The van der Waals surface area contributed by atoms with Gasteiger partial charge in [0.15, 0.2) is 17.3 Å². The average molecular weight is 433 g/mol. The topological polar surface area (TPSA) is 99.2 Å². The molecule has 0 bridgehead atoms. The Morgan fingerprint density at radius 3 is 2.37 bits per heavy atom. The highest BCUT2D eigenvalue weighted by molar-refractivity contribution is 7.89. The Bertz CT molecular complexity index is 1030. The maximum Gasteiger partial charge on any atom is 0.326 e. The lowest BCUT2D eigenvalue weighted by Gasteiger charge is -2.17. The van der Waals surface area contributed by atoms with Crippen LogP contribution in [0.2, 0.25) is 0 Å². The molecule has 0 saturated carbocycles. The lowest BCUT2D eigenvalue weighted by atomic mass is 10.1. The summed E-state index contributed by atoms with van der Waals surface area (Å²) in [6, 6.07) is 10.5. The Hall–Kier alpha value is -2.91. The van der Waals surface area contributed by atoms with Crippen LogP contribution in [0.4, 0.5) is 0 Å². The second-order valence-electron chi connectivity index (χ2n) is 6.70. The summed E-state index contributed by atoms with van der Waals surface area (Å²) < 4.78 is 42.8. The summed E-state index contributed by atoms with van der Waals surface area (Å²) in [4.78, 5) is 23.9. The molecule has 1 aliphatic heterocycles. The maximum absolute atomic E-state index is 12.8. The summed E-state index contributed by atoms with van der Waals surface area (Å²) >= 11 is 0. The largest absolute Gasteiger partial charge is 0.490 e. The number of hydrogen-bond donors (Lipinski definition) is 0. The van der Waals surface area contributed by atoms with E-state index in [9.17, 15) is 18.0 Å². The van der Waals surface area contributed by atoms with Gasteiger partial charge in [0.1, 0.15) is 12.3 Å². The van der Waals surface area contributed by atoms with Gasteiger partial charge in [0.25, 0.3) is 0 Å². The molecule has 0 spiro atoms. The number of sulfonamides is 1. The number of ketones is 1. The monoisotopic (exact) mass is 433 g/mol. The summed E-state index contributed by atoms with van der Waals surface area (Å²) in [7, 11) is -2.65. The molecule has 160 valence electrons.